The van der Waals surface area contributed by atoms with Crippen molar-refractivity contribution in [1.29, 1.82) is 0 Å². The summed E-state index contributed by atoms with van der Waals surface area (Å²) < 4.78 is 0. The molecule has 1 aliphatic heterocycles. The van der Waals surface area contributed by atoms with Gasteiger partial charge in [0.05, 0.1) is 6.04 Å². The summed E-state index contributed by atoms with van der Waals surface area (Å²) in [6.45, 7) is 0.488. The molecule has 0 aliphatic carbocycles. The Morgan fingerprint density at radius 1 is 1.32 bits per heavy atom. The highest BCUT2D eigenvalue weighted by Crippen LogP contribution is 2.20. The molecule has 1 saturated heterocycles. The minimum atomic E-state index is -0.951. The lowest BCUT2D eigenvalue weighted by atomic mass is 10.1. The molecule has 0 saturated carbocycles. The second kappa shape index (κ2) is 9.58. The number of carbonyl (C=O) groups is 3. The van der Waals surface area contributed by atoms with Gasteiger partial charge in [0.15, 0.2) is 0 Å². The van der Waals surface area contributed by atoms with Gasteiger partial charge in [-0.25, -0.2) is 4.79 Å². The van der Waals surface area contributed by atoms with E-state index in [1.165, 1.54) is 4.90 Å². The van der Waals surface area contributed by atoms with E-state index in [9.17, 15) is 14.4 Å². The van der Waals surface area contributed by atoms with Gasteiger partial charge in [-0.15, -0.1) is 0 Å². The van der Waals surface area contributed by atoms with Crippen molar-refractivity contribution in [2.75, 3.05) is 19.3 Å². The van der Waals surface area contributed by atoms with Gasteiger partial charge in [-0.3, -0.25) is 9.59 Å². The third-order valence-electron chi connectivity index (χ3n) is 4.33. The van der Waals surface area contributed by atoms with Crippen molar-refractivity contribution in [2.24, 2.45) is 0 Å². The van der Waals surface area contributed by atoms with Crippen LogP contribution in [0.4, 0.5) is 0 Å². The van der Waals surface area contributed by atoms with Gasteiger partial charge in [0.25, 0.3) is 0 Å². The first-order valence-corrected chi connectivity index (χ1v) is 9.41. The Bertz CT molecular complexity index is 608. The third kappa shape index (κ3) is 5.57. The van der Waals surface area contributed by atoms with Crippen molar-refractivity contribution in [1.82, 2.24) is 10.2 Å². The first-order valence-electron chi connectivity index (χ1n) is 8.43. The summed E-state index contributed by atoms with van der Waals surface area (Å²) in [5.74, 6) is -0.769. The molecule has 1 fully saturated rings. The minimum Gasteiger partial charge on any atom is -0.480 e. The van der Waals surface area contributed by atoms with E-state index in [1.54, 1.807) is 7.05 Å². The quantitative estimate of drug-likeness (QED) is 0.728. The predicted octanol–water partition coefficient (Wildman–Crippen LogP) is 1.54. The number of thioether (sulfide) groups is 1. The summed E-state index contributed by atoms with van der Waals surface area (Å²) in [6.07, 6.45) is 2.01. The summed E-state index contributed by atoms with van der Waals surface area (Å²) >= 11 is 1.13. The van der Waals surface area contributed by atoms with Gasteiger partial charge in [-0.2, -0.15) is 0 Å². The van der Waals surface area contributed by atoms with Crippen molar-refractivity contribution in [3.8, 4) is 0 Å². The lowest BCUT2D eigenvalue weighted by Crippen LogP contribution is -2.40. The summed E-state index contributed by atoms with van der Waals surface area (Å²) in [4.78, 5) is 37.1. The van der Waals surface area contributed by atoms with Crippen LogP contribution in [-0.4, -0.2) is 58.4 Å². The zero-order valence-corrected chi connectivity index (χ0v) is 15.1. The van der Waals surface area contributed by atoms with Crippen LogP contribution >= 0.6 is 11.8 Å². The molecule has 2 rings (SSSR count). The fourth-order valence-electron chi connectivity index (χ4n) is 2.96. The number of benzene rings is 1. The van der Waals surface area contributed by atoms with Crippen molar-refractivity contribution in [3.63, 3.8) is 0 Å². The highest BCUT2D eigenvalue weighted by Gasteiger charge is 2.33. The molecule has 0 unspecified atom stereocenters. The van der Waals surface area contributed by atoms with E-state index in [2.05, 4.69) is 5.32 Å². The number of carboxylic acid groups (broad SMARTS) is 1. The summed E-state index contributed by atoms with van der Waals surface area (Å²) in [5.41, 5.74) is 1.08. The molecule has 0 aromatic heterocycles. The van der Waals surface area contributed by atoms with Crippen LogP contribution in [0.3, 0.4) is 0 Å². The van der Waals surface area contributed by atoms with Gasteiger partial charge in [-0.1, -0.05) is 42.1 Å². The molecule has 25 heavy (non-hydrogen) atoms. The molecule has 6 nitrogen and oxygen atoms in total. The van der Waals surface area contributed by atoms with Crippen LogP contribution in [-0.2, 0) is 20.8 Å². The Kier molecular flexibility index (Phi) is 7.46. The number of nitrogens with zero attached hydrogens (tertiary/aromatic N) is 1. The first kappa shape index (κ1) is 19.5. The Labute approximate surface area is 152 Å². The molecule has 0 bridgehead atoms. The van der Waals surface area contributed by atoms with E-state index in [-0.39, 0.29) is 23.5 Å². The summed E-state index contributed by atoms with van der Waals surface area (Å²) in [7, 11) is 1.75. The van der Waals surface area contributed by atoms with Crippen molar-refractivity contribution < 1.29 is 19.5 Å². The molecule has 7 heteroatoms. The summed E-state index contributed by atoms with van der Waals surface area (Å²) in [6, 6.07) is 8.75. The Morgan fingerprint density at radius 2 is 2.04 bits per heavy atom. The van der Waals surface area contributed by atoms with E-state index >= 15 is 0 Å². The average molecular weight is 364 g/mol. The van der Waals surface area contributed by atoms with Crippen molar-refractivity contribution >= 4 is 28.8 Å². The first-order chi connectivity index (χ1) is 12.0. The molecule has 0 radical (unpaired) electrons. The Hall–Kier alpha value is -1.86. The zero-order valence-electron chi connectivity index (χ0n) is 14.3. The maximum atomic E-state index is 12.3. The molecular weight excluding hydrogens is 340 g/mol. The fourth-order valence-corrected chi connectivity index (χ4v) is 3.84. The molecule has 1 aromatic rings. The second-order valence-corrected chi connectivity index (χ2v) is 7.13. The van der Waals surface area contributed by atoms with Crippen LogP contribution < -0.4 is 5.32 Å². The van der Waals surface area contributed by atoms with E-state index in [1.807, 2.05) is 30.3 Å². The largest absolute Gasteiger partial charge is 0.480 e. The number of aliphatic carboxylic acids is 1. The SMILES string of the molecule is CN[C@@H](Cc1ccccc1)C(=O)SCCC(=O)N1CCC[C@H]1C(=O)O. The normalized spacial score (nSPS) is 18.1. The highest BCUT2D eigenvalue weighted by atomic mass is 32.2. The zero-order chi connectivity index (χ0) is 18.2. The highest BCUT2D eigenvalue weighted by molar-refractivity contribution is 8.13. The topological polar surface area (TPSA) is 86.7 Å². The maximum Gasteiger partial charge on any atom is 0.326 e. The van der Waals surface area contributed by atoms with Gasteiger partial charge in [0.1, 0.15) is 6.04 Å². The number of hydrogen-bond acceptors (Lipinski definition) is 5. The van der Waals surface area contributed by atoms with Gasteiger partial charge >= 0.3 is 5.97 Å². The molecule has 136 valence electrons. The average Bonchev–Trinajstić information content (AvgIpc) is 3.10. The molecule has 1 aromatic carbocycles. The monoisotopic (exact) mass is 364 g/mol. The van der Waals surface area contributed by atoms with Crippen LogP contribution in [0.5, 0.6) is 0 Å². The Morgan fingerprint density at radius 3 is 2.68 bits per heavy atom. The number of nitrogens with one attached hydrogen (secondary N) is 1. The predicted molar refractivity (Wildman–Crippen MR) is 97.4 cm³/mol. The molecule has 0 spiro atoms. The van der Waals surface area contributed by atoms with Crippen LogP contribution in [0.1, 0.15) is 24.8 Å². The number of hydrogen-bond donors (Lipinski definition) is 2. The third-order valence-corrected chi connectivity index (χ3v) is 5.31. The summed E-state index contributed by atoms with van der Waals surface area (Å²) in [5, 5.41) is 12.1. The van der Waals surface area contributed by atoms with Crippen LogP contribution in [0, 0.1) is 0 Å². The van der Waals surface area contributed by atoms with Gasteiger partial charge in [-0.05, 0) is 31.9 Å². The molecule has 1 amide bonds. The number of likely N-dealkylation sites (N-methyl/N-ethyl adjacent to an activating group) is 1. The van der Waals surface area contributed by atoms with E-state index in [0.717, 1.165) is 17.3 Å². The van der Waals surface area contributed by atoms with Crippen LogP contribution in [0.15, 0.2) is 30.3 Å². The lowest BCUT2D eigenvalue weighted by Gasteiger charge is -2.21. The smallest absolute Gasteiger partial charge is 0.326 e. The number of rotatable bonds is 8. The van der Waals surface area contributed by atoms with Gasteiger partial charge in [0, 0.05) is 18.7 Å². The number of amides is 1. The van der Waals surface area contributed by atoms with E-state index < -0.39 is 12.0 Å². The van der Waals surface area contributed by atoms with E-state index in [0.29, 0.717) is 31.6 Å². The lowest BCUT2D eigenvalue weighted by molar-refractivity contribution is -0.148. The molecule has 2 atom stereocenters. The van der Waals surface area contributed by atoms with Crippen LogP contribution in [0.25, 0.3) is 0 Å². The van der Waals surface area contributed by atoms with Crippen molar-refractivity contribution in [3.05, 3.63) is 35.9 Å². The van der Waals surface area contributed by atoms with E-state index in [4.69, 9.17) is 5.11 Å². The number of carboxylic acids is 1. The second-order valence-electron chi connectivity index (χ2n) is 6.03. The molecule has 1 aliphatic rings. The number of carbonyl (C=O) groups excluding carboxylic acids is 2. The molecule has 1 heterocycles. The molecule has 2 N–H and O–H groups in total. The maximum absolute atomic E-state index is 12.3. The fraction of sp³-hybridized carbons (Fsp3) is 0.500. The Balaban J connectivity index is 1.78. The standard InChI is InChI=1S/C18H24N2O4S/c1-19-14(12-13-6-3-2-4-7-13)18(24)25-11-9-16(21)20-10-5-8-15(20)17(22)23/h2-4,6-7,14-15,19H,5,8-12H2,1H3,(H,22,23)/t14-,15-/m0/s1. The molecular formula is C18H24N2O4S. The van der Waals surface area contributed by atoms with Gasteiger partial charge in [0.2, 0.25) is 11.0 Å². The van der Waals surface area contributed by atoms with Crippen LogP contribution in [0.2, 0.25) is 0 Å². The number of likely N-dealkylation sites (tertiary alicyclic amines) is 1. The minimum absolute atomic E-state index is 0.00430. The van der Waals surface area contributed by atoms with Crippen molar-refractivity contribution in [2.45, 2.75) is 37.8 Å². The van der Waals surface area contributed by atoms with Gasteiger partial charge < -0.3 is 15.3 Å².